The number of rotatable bonds is 5. The van der Waals surface area contributed by atoms with Crippen molar-refractivity contribution in [3.05, 3.63) is 47.8 Å². The molecule has 0 atom stereocenters. The van der Waals surface area contributed by atoms with Crippen LogP contribution in [0.1, 0.15) is 31.2 Å². The van der Waals surface area contributed by atoms with E-state index in [1.165, 1.54) is 0 Å². The van der Waals surface area contributed by atoms with Gasteiger partial charge in [-0.05, 0) is 44.0 Å². The minimum Gasteiger partial charge on any atom is -0.490 e. The molecule has 0 amide bonds. The average molecular weight is 348 g/mol. The maximum atomic E-state index is 11.7. The van der Waals surface area contributed by atoms with Crippen molar-refractivity contribution >= 4 is 11.6 Å². The van der Waals surface area contributed by atoms with E-state index < -0.39 is 11.4 Å². The first-order valence-corrected chi connectivity index (χ1v) is 8.36. The molecule has 0 bridgehead atoms. The number of ether oxygens (including phenoxy) is 1. The van der Waals surface area contributed by atoms with Gasteiger partial charge in [-0.3, -0.25) is 4.79 Å². The number of pyridine rings is 1. The highest BCUT2D eigenvalue weighted by atomic mass is 16.5. The molecule has 1 aliphatic rings. The van der Waals surface area contributed by atoms with Crippen LogP contribution in [0.5, 0.6) is 5.75 Å². The van der Waals surface area contributed by atoms with E-state index in [0.717, 1.165) is 11.3 Å². The van der Waals surface area contributed by atoms with Gasteiger partial charge in [-0.25, -0.2) is 9.50 Å². The standard InChI is InChI=1S/C19H16N4O3/c1-2-26-15-7-6-14(13-5-3-4-12(10-13)11-20)23-16(15)21-17(22-23)19(8-9-19)18(24)25/h3-7,10H,2,8-9H2,1H3,(H,24,25). The Kier molecular flexibility index (Phi) is 3.62. The number of hydrogen-bond acceptors (Lipinski definition) is 5. The molecule has 1 aliphatic carbocycles. The molecule has 0 saturated heterocycles. The normalized spacial score (nSPS) is 14.8. The Morgan fingerprint density at radius 2 is 2.19 bits per heavy atom. The second kappa shape index (κ2) is 5.85. The van der Waals surface area contributed by atoms with Crippen LogP contribution >= 0.6 is 0 Å². The lowest BCUT2D eigenvalue weighted by atomic mass is 10.1. The van der Waals surface area contributed by atoms with Crippen LogP contribution in [0.4, 0.5) is 0 Å². The predicted octanol–water partition coefficient (Wildman–Crippen LogP) is 2.78. The van der Waals surface area contributed by atoms with Gasteiger partial charge in [0.2, 0.25) is 0 Å². The molecule has 2 heterocycles. The molecule has 0 aliphatic heterocycles. The van der Waals surface area contributed by atoms with Crippen LogP contribution in [-0.4, -0.2) is 32.3 Å². The van der Waals surface area contributed by atoms with E-state index in [9.17, 15) is 9.90 Å². The molecule has 0 radical (unpaired) electrons. The number of aliphatic carboxylic acids is 1. The fourth-order valence-corrected chi connectivity index (χ4v) is 3.03. The van der Waals surface area contributed by atoms with Gasteiger partial charge in [0, 0.05) is 5.56 Å². The van der Waals surface area contributed by atoms with Gasteiger partial charge in [0.15, 0.2) is 17.2 Å². The number of carboxylic acid groups (broad SMARTS) is 1. The highest BCUT2D eigenvalue weighted by molar-refractivity contribution is 5.84. The number of carboxylic acids is 1. The Balaban J connectivity index is 1.94. The first-order chi connectivity index (χ1) is 12.6. The fourth-order valence-electron chi connectivity index (χ4n) is 3.03. The van der Waals surface area contributed by atoms with Crippen LogP contribution in [0.15, 0.2) is 36.4 Å². The summed E-state index contributed by atoms with van der Waals surface area (Å²) in [5, 5.41) is 23.2. The summed E-state index contributed by atoms with van der Waals surface area (Å²) in [6.45, 7) is 2.34. The lowest BCUT2D eigenvalue weighted by molar-refractivity contribution is -0.140. The summed E-state index contributed by atoms with van der Waals surface area (Å²) in [4.78, 5) is 16.1. The largest absolute Gasteiger partial charge is 0.490 e. The summed E-state index contributed by atoms with van der Waals surface area (Å²) in [7, 11) is 0. The van der Waals surface area contributed by atoms with E-state index in [1.807, 2.05) is 19.1 Å². The molecule has 2 aromatic heterocycles. The van der Waals surface area contributed by atoms with Crippen molar-refractivity contribution in [3.63, 3.8) is 0 Å². The van der Waals surface area contributed by atoms with Gasteiger partial charge in [-0.1, -0.05) is 12.1 Å². The molecule has 4 rings (SSSR count). The van der Waals surface area contributed by atoms with Crippen molar-refractivity contribution in [2.45, 2.75) is 25.2 Å². The highest BCUT2D eigenvalue weighted by Crippen LogP contribution is 2.47. The summed E-state index contributed by atoms with van der Waals surface area (Å²) in [6.07, 6.45) is 1.06. The van der Waals surface area contributed by atoms with Crippen molar-refractivity contribution in [2.24, 2.45) is 0 Å². The molecule has 3 aromatic rings. The van der Waals surface area contributed by atoms with E-state index in [0.29, 0.717) is 42.2 Å². The quantitative estimate of drug-likeness (QED) is 0.761. The lowest BCUT2D eigenvalue weighted by Crippen LogP contribution is -2.21. The Bertz CT molecular complexity index is 1060. The summed E-state index contributed by atoms with van der Waals surface area (Å²) < 4.78 is 7.25. The predicted molar refractivity (Wildman–Crippen MR) is 92.9 cm³/mol. The van der Waals surface area contributed by atoms with Crippen LogP contribution in [0, 0.1) is 11.3 Å². The molecular weight excluding hydrogens is 332 g/mol. The topological polar surface area (TPSA) is 101 Å². The molecule has 0 unspecified atom stereocenters. The smallest absolute Gasteiger partial charge is 0.317 e. The molecule has 26 heavy (non-hydrogen) atoms. The molecular formula is C19H16N4O3. The van der Waals surface area contributed by atoms with Crippen molar-refractivity contribution in [3.8, 4) is 23.1 Å². The number of fused-ring (bicyclic) bond motifs is 1. The van der Waals surface area contributed by atoms with E-state index in [1.54, 1.807) is 28.8 Å². The maximum Gasteiger partial charge on any atom is 0.317 e. The first-order valence-electron chi connectivity index (χ1n) is 8.36. The van der Waals surface area contributed by atoms with E-state index >= 15 is 0 Å². The molecule has 1 N–H and O–H groups in total. The van der Waals surface area contributed by atoms with E-state index in [2.05, 4.69) is 16.2 Å². The van der Waals surface area contributed by atoms with Gasteiger partial charge in [-0.2, -0.15) is 5.26 Å². The zero-order chi connectivity index (χ0) is 18.3. The number of nitrogens with zero attached hydrogens (tertiary/aromatic N) is 4. The number of hydrogen-bond donors (Lipinski definition) is 1. The molecule has 130 valence electrons. The lowest BCUT2D eigenvalue weighted by Gasteiger charge is -2.08. The average Bonchev–Trinajstić information content (AvgIpc) is 3.35. The highest BCUT2D eigenvalue weighted by Gasteiger charge is 2.55. The van der Waals surface area contributed by atoms with Crippen LogP contribution in [0.2, 0.25) is 0 Å². The first kappa shape index (κ1) is 16.1. The van der Waals surface area contributed by atoms with Crippen LogP contribution in [-0.2, 0) is 10.2 Å². The number of carbonyl (C=O) groups is 1. The van der Waals surface area contributed by atoms with Gasteiger partial charge >= 0.3 is 5.97 Å². The number of nitriles is 1. The summed E-state index contributed by atoms with van der Waals surface area (Å²) in [5.41, 5.74) is 1.54. The number of benzene rings is 1. The summed E-state index contributed by atoms with van der Waals surface area (Å²) in [6, 6.07) is 12.9. The Morgan fingerprint density at radius 3 is 2.85 bits per heavy atom. The maximum absolute atomic E-state index is 11.7. The van der Waals surface area contributed by atoms with Crippen LogP contribution < -0.4 is 4.74 Å². The zero-order valence-electron chi connectivity index (χ0n) is 14.1. The van der Waals surface area contributed by atoms with E-state index in [-0.39, 0.29) is 0 Å². The van der Waals surface area contributed by atoms with Gasteiger partial charge < -0.3 is 9.84 Å². The summed E-state index contributed by atoms with van der Waals surface area (Å²) in [5.74, 6) is -0.0538. The Labute approximate surface area is 149 Å². The Morgan fingerprint density at radius 1 is 1.38 bits per heavy atom. The third-order valence-corrected chi connectivity index (χ3v) is 4.62. The molecule has 0 spiro atoms. The van der Waals surface area contributed by atoms with Gasteiger partial charge in [0.25, 0.3) is 0 Å². The second-order valence-corrected chi connectivity index (χ2v) is 6.27. The fraction of sp³-hybridized carbons (Fsp3) is 0.263. The number of aromatic nitrogens is 3. The third-order valence-electron chi connectivity index (χ3n) is 4.62. The van der Waals surface area contributed by atoms with Gasteiger partial charge in [0.1, 0.15) is 5.41 Å². The minimum atomic E-state index is -0.999. The molecule has 1 saturated carbocycles. The monoisotopic (exact) mass is 348 g/mol. The van der Waals surface area contributed by atoms with Crippen LogP contribution in [0.3, 0.4) is 0 Å². The summed E-state index contributed by atoms with van der Waals surface area (Å²) >= 11 is 0. The van der Waals surface area contributed by atoms with Crippen molar-refractivity contribution in [2.75, 3.05) is 6.61 Å². The van der Waals surface area contributed by atoms with Crippen molar-refractivity contribution < 1.29 is 14.6 Å². The molecule has 1 aromatic carbocycles. The SMILES string of the molecule is CCOc1ccc(-c2cccc(C#N)c2)n2nc(C3(C(=O)O)CC3)nc12. The van der Waals surface area contributed by atoms with Gasteiger partial charge in [-0.15, -0.1) is 5.10 Å². The zero-order valence-corrected chi connectivity index (χ0v) is 14.1. The molecule has 7 nitrogen and oxygen atoms in total. The molecule has 1 fully saturated rings. The second-order valence-electron chi connectivity index (χ2n) is 6.27. The Hall–Kier alpha value is -3.40. The third kappa shape index (κ3) is 2.39. The van der Waals surface area contributed by atoms with E-state index in [4.69, 9.17) is 10.00 Å². The van der Waals surface area contributed by atoms with Gasteiger partial charge in [0.05, 0.1) is 23.9 Å². The van der Waals surface area contributed by atoms with Crippen molar-refractivity contribution in [1.29, 1.82) is 5.26 Å². The molecule has 7 heteroatoms. The minimum absolute atomic E-state index is 0.301. The van der Waals surface area contributed by atoms with Crippen molar-refractivity contribution in [1.82, 2.24) is 14.6 Å². The van der Waals surface area contributed by atoms with Crippen LogP contribution in [0.25, 0.3) is 16.9 Å².